The normalized spacial score (nSPS) is 9.94. The van der Waals surface area contributed by atoms with Crippen molar-refractivity contribution >= 4 is 5.84 Å². The predicted molar refractivity (Wildman–Crippen MR) is 61.7 cm³/mol. The van der Waals surface area contributed by atoms with Crippen LogP contribution in [-0.4, -0.2) is 10.8 Å². The third kappa shape index (κ3) is 2.57. The summed E-state index contributed by atoms with van der Waals surface area (Å²) in [5.74, 6) is -0.171. The summed E-state index contributed by atoms with van der Waals surface area (Å²) < 4.78 is 18.5. The molecule has 0 aliphatic heterocycles. The van der Waals surface area contributed by atoms with E-state index in [0.29, 0.717) is 5.56 Å². The molecule has 1 heterocycles. The van der Waals surface area contributed by atoms with Gasteiger partial charge in [0.15, 0.2) is 11.6 Å². The molecule has 86 valence electrons. The fourth-order valence-electron chi connectivity index (χ4n) is 1.24. The van der Waals surface area contributed by atoms with Crippen LogP contribution in [0.5, 0.6) is 11.6 Å². The van der Waals surface area contributed by atoms with Crippen LogP contribution in [0.25, 0.3) is 0 Å². The van der Waals surface area contributed by atoms with Crippen molar-refractivity contribution in [2.24, 2.45) is 5.73 Å². The Morgan fingerprint density at radius 2 is 2.00 bits per heavy atom. The van der Waals surface area contributed by atoms with Gasteiger partial charge in [0.1, 0.15) is 5.84 Å². The van der Waals surface area contributed by atoms with Crippen LogP contribution in [0.15, 0.2) is 42.6 Å². The van der Waals surface area contributed by atoms with E-state index in [1.54, 1.807) is 18.2 Å². The Labute approximate surface area is 97.4 Å². The summed E-state index contributed by atoms with van der Waals surface area (Å²) in [7, 11) is 0. The zero-order chi connectivity index (χ0) is 12.3. The maximum Gasteiger partial charge on any atom is 0.219 e. The fraction of sp³-hybridized carbons (Fsp3) is 0. The molecule has 0 unspecified atom stereocenters. The van der Waals surface area contributed by atoms with Gasteiger partial charge in [0.2, 0.25) is 5.88 Å². The highest BCUT2D eigenvalue weighted by Gasteiger charge is 2.04. The van der Waals surface area contributed by atoms with E-state index in [2.05, 4.69) is 4.98 Å². The van der Waals surface area contributed by atoms with Crippen LogP contribution in [0.3, 0.4) is 0 Å². The Hall–Kier alpha value is -2.43. The van der Waals surface area contributed by atoms with E-state index in [1.807, 2.05) is 0 Å². The number of nitrogens with one attached hydrogen (secondary N) is 1. The summed E-state index contributed by atoms with van der Waals surface area (Å²) in [4.78, 5) is 3.93. The molecule has 0 aliphatic rings. The second kappa shape index (κ2) is 4.61. The molecule has 0 saturated heterocycles. The minimum absolute atomic E-state index is 0.0741. The highest BCUT2D eigenvalue weighted by molar-refractivity contribution is 5.94. The van der Waals surface area contributed by atoms with Crippen molar-refractivity contribution in [3.05, 3.63) is 54.0 Å². The first-order chi connectivity index (χ1) is 8.16. The molecule has 1 aromatic heterocycles. The molecule has 3 N–H and O–H groups in total. The van der Waals surface area contributed by atoms with E-state index in [4.69, 9.17) is 15.9 Å². The standard InChI is InChI=1S/C12H10FN3O/c13-9-3-1-2-4-10(9)17-11-6-5-8(7-16-11)12(14)15/h1-7H,(H3,14,15). The predicted octanol–water partition coefficient (Wildman–Crippen LogP) is 2.30. The number of aromatic nitrogens is 1. The molecule has 0 bridgehead atoms. The number of halogens is 1. The quantitative estimate of drug-likeness (QED) is 0.628. The third-order valence-corrected chi connectivity index (χ3v) is 2.10. The highest BCUT2D eigenvalue weighted by atomic mass is 19.1. The number of nitrogen functional groups attached to an aromatic ring is 1. The van der Waals surface area contributed by atoms with Gasteiger partial charge < -0.3 is 10.5 Å². The lowest BCUT2D eigenvalue weighted by Crippen LogP contribution is -2.11. The van der Waals surface area contributed by atoms with Gasteiger partial charge in [-0.25, -0.2) is 9.37 Å². The van der Waals surface area contributed by atoms with Crippen LogP contribution in [0.2, 0.25) is 0 Å². The van der Waals surface area contributed by atoms with Crippen LogP contribution < -0.4 is 10.5 Å². The number of ether oxygens (including phenoxy) is 1. The first-order valence-electron chi connectivity index (χ1n) is 4.89. The van der Waals surface area contributed by atoms with Crippen molar-refractivity contribution in [1.82, 2.24) is 4.98 Å². The molecule has 0 fully saturated rings. The average Bonchev–Trinajstić information content (AvgIpc) is 2.33. The summed E-state index contributed by atoms with van der Waals surface area (Å²) >= 11 is 0. The molecular weight excluding hydrogens is 221 g/mol. The van der Waals surface area contributed by atoms with Crippen LogP contribution in [0.1, 0.15) is 5.56 Å². The number of rotatable bonds is 3. The van der Waals surface area contributed by atoms with Crippen molar-refractivity contribution in [2.45, 2.75) is 0 Å². The summed E-state index contributed by atoms with van der Waals surface area (Å²) in [6.45, 7) is 0. The van der Waals surface area contributed by atoms with Gasteiger partial charge in [-0.05, 0) is 18.2 Å². The minimum atomic E-state index is -0.454. The molecule has 0 amide bonds. The Morgan fingerprint density at radius 3 is 2.59 bits per heavy atom. The largest absolute Gasteiger partial charge is 0.436 e. The lowest BCUT2D eigenvalue weighted by Gasteiger charge is -2.05. The lowest BCUT2D eigenvalue weighted by atomic mass is 10.3. The SMILES string of the molecule is N=C(N)c1ccc(Oc2ccccc2F)nc1. The molecule has 0 spiro atoms. The van der Waals surface area contributed by atoms with Crippen LogP contribution in [0, 0.1) is 11.2 Å². The number of nitrogens with two attached hydrogens (primary N) is 1. The average molecular weight is 231 g/mol. The Morgan fingerprint density at radius 1 is 1.24 bits per heavy atom. The molecule has 5 heteroatoms. The molecule has 0 aliphatic carbocycles. The van der Waals surface area contributed by atoms with E-state index < -0.39 is 5.82 Å². The van der Waals surface area contributed by atoms with Crippen molar-refractivity contribution in [3.63, 3.8) is 0 Å². The molecule has 0 atom stereocenters. The Kier molecular flexibility index (Phi) is 3.00. The first kappa shape index (κ1) is 11.1. The zero-order valence-electron chi connectivity index (χ0n) is 8.85. The summed E-state index contributed by atoms with van der Waals surface area (Å²) in [5, 5.41) is 7.20. The van der Waals surface area contributed by atoms with Crippen LogP contribution >= 0.6 is 0 Å². The number of para-hydroxylation sites is 1. The second-order valence-corrected chi connectivity index (χ2v) is 3.33. The molecular formula is C12H10FN3O. The summed E-state index contributed by atoms with van der Waals surface area (Å²) in [5.41, 5.74) is 5.77. The maximum absolute atomic E-state index is 13.3. The van der Waals surface area contributed by atoms with Crippen molar-refractivity contribution in [2.75, 3.05) is 0 Å². The number of hydrogen-bond donors (Lipinski definition) is 2. The van der Waals surface area contributed by atoms with Gasteiger partial charge in [-0.15, -0.1) is 0 Å². The van der Waals surface area contributed by atoms with E-state index in [1.165, 1.54) is 24.4 Å². The minimum Gasteiger partial charge on any atom is -0.436 e. The number of hydrogen-bond acceptors (Lipinski definition) is 3. The van der Waals surface area contributed by atoms with E-state index in [9.17, 15) is 4.39 Å². The molecule has 2 aromatic rings. The van der Waals surface area contributed by atoms with Crippen molar-refractivity contribution in [1.29, 1.82) is 5.41 Å². The monoisotopic (exact) mass is 231 g/mol. The molecule has 2 rings (SSSR count). The van der Waals surface area contributed by atoms with Gasteiger partial charge in [-0.2, -0.15) is 0 Å². The maximum atomic E-state index is 13.3. The second-order valence-electron chi connectivity index (χ2n) is 3.33. The zero-order valence-corrected chi connectivity index (χ0v) is 8.85. The molecule has 0 saturated carbocycles. The number of benzene rings is 1. The molecule has 0 radical (unpaired) electrons. The number of nitrogens with zero attached hydrogens (tertiary/aromatic N) is 1. The third-order valence-electron chi connectivity index (χ3n) is 2.10. The van der Waals surface area contributed by atoms with Gasteiger partial charge >= 0.3 is 0 Å². The van der Waals surface area contributed by atoms with E-state index in [-0.39, 0.29) is 17.5 Å². The van der Waals surface area contributed by atoms with Crippen molar-refractivity contribution in [3.8, 4) is 11.6 Å². The van der Waals surface area contributed by atoms with Gasteiger partial charge in [-0.3, -0.25) is 5.41 Å². The number of amidine groups is 1. The van der Waals surface area contributed by atoms with Crippen molar-refractivity contribution < 1.29 is 9.13 Å². The smallest absolute Gasteiger partial charge is 0.219 e. The van der Waals surface area contributed by atoms with Gasteiger partial charge in [0.25, 0.3) is 0 Å². The van der Waals surface area contributed by atoms with E-state index >= 15 is 0 Å². The summed E-state index contributed by atoms with van der Waals surface area (Å²) in [6.07, 6.45) is 1.40. The molecule has 1 aromatic carbocycles. The number of pyridine rings is 1. The fourth-order valence-corrected chi connectivity index (χ4v) is 1.24. The Balaban J connectivity index is 2.20. The first-order valence-corrected chi connectivity index (χ1v) is 4.89. The summed E-state index contributed by atoms with van der Waals surface area (Å²) in [6, 6.07) is 9.18. The van der Waals surface area contributed by atoms with E-state index in [0.717, 1.165) is 0 Å². The van der Waals surface area contributed by atoms with Gasteiger partial charge in [0.05, 0.1) is 0 Å². The van der Waals surface area contributed by atoms with Gasteiger partial charge in [0, 0.05) is 17.8 Å². The molecule has 4 nitrogen and oxygen atoms in total. The van der Waals surface area contributed by atoms with Crippen LogP contribution in [0.4, 0.5) is 4.39 Å². The Bertz CT molecular complexity index is 540. The highest BCUT2D eigenvalue weighted by Crippen LogP contribution is 2.22. The van der Waals surface area contributed by atoms with Crippen LogP contribution in [-0.2, 0) is 0 Å². The molecule has 17 heavy (non-hydrogen) atoms. The topological polar surface area (TPSA) is 72.0 Å². The van der Waals surface area contributed by atoms with Gasteiger partial charge in [-0.1, -0.05) is 12.1 Å². The lowest BCUT2D eigenvalue weighted by molar-refractivity contribution is 0.427.